The highest BCUT2D eigenvalue weighted by molar-refractivity contribution is 5.89. The Balaban J connectivity index is 1.12. The van der Waals surface area contributed by atoms with Gasteiger partial charge in [0.15, 0.2) is 5.82 Å². The fraction of sp³-hybridized carbons (Fsp3) is 0.583. The third kappa shape index (κ3) is 3.03. The van der Waals surface area contributed by atoms with Gasteiger partial charge in [-0.25, -0.2) is 23.7 Å². The number of fused-ring (bicyclic) bond motifs is 1. The summed E-state index contributed by atoms with van der Waals surface area (Å²) >= 11 is 0. The van der Waals surface area contributed by atoms with E-state index in [1.54, 1.807) is 12.4 Å². The largest absolute Gasteiger partial charge is 0.354 e. The first-order chi connectivity index (χ1) is 16.2. The lowest BCUT2D eigenvalue weighted by molar-refractivity contribution is -0.0786. The summed E-state index contributed by atoms with van der Waals surface area (Å²) in [5.41, 5.74) is 1.97. The predicted octanol–water partition coefficient (Wildman–Crippen LogP) is 3.78. The zero-order chi connectivity index (χ0) is 23.3. The molecule has 5 heterocycles. The number of hydrogen-bond donors (Lipinski definition) is 1. The van der Waals surface area contributed by atoms with Crippen LogP contribution < -0.4 is 10.2 Å². The third-order valence-electron chi connectivity index (χ3n) is 8.32. The number of rotatable bonds is 4. The highest BCUT2D eigenvalue weighted by atomic mass is 19.3. The second-order valence-corrected chi connectivity index (χ2v) is 11.1. The van der Waals surface area contributed by atoms with E-state index in [-0.39, 0.29) is 6.42 Å². The molecule has 7 rings (SSSR count). The maximum atomic E-state index is 14.0. The van der Waals surface area contributed by atoms with E-state index in [9.17, 15) is 8.78 Å². The lowest BCUT2D eigenvalue weighted by Gasteiger charge is -2.58. The first-order valence-corrected chi connectivity index (χ1v) is 12.0. The van der Waals surface area contributed by atoms with E-state index in [0.717, 1.165) is 16.8 Å². The molecule has 8 nitrogen and oxygen atoms in total. The van der Waals surface area contributed by atoms with Crippen molar-refractivity contribution in [2.75, 3.05) is 43.4 Å². The predicted molar refractivity (Wildman–Crippen MR) is 125 cm³/mol. The normalized spacial score (nSPS) is 27.4. The molecule has 34 heavy (non-hydrogen) atoms. The van der Waals surface area contributed by atoms with Gasteiger partial charge in [0.25, 0.3) is 5.92 Å². The van der Waals surface area contributed by atoms with Gasteiger partial charge in [0.2, 0.25) is 5.95 Å². The zero-order valence-electron chi connectivity index (χ0n) is 19.4. The molecule has 2 aliphatic heterocycles. The van der Waals surface area contributed by atoms with E-state index in [1.807, 2.05) is 28.8 Å². The van der Waals surface area contributed by atoms with Crippen LogP contribution in [-0.2, 0) is 0 Å². The fourth-order valence-corrected chi connectivity index (χ4v) is 6.53. The summed E-state index contributed by atoms with van der Waals surface area (Å²) in [7, 11) is 2.17. The fourth-order valence-electron chi connectivity index (χ4n) is 6.53. The quantitative estimate of drug-likeness (QED) is 0.627. The number of aromatic nitrogens is 5. The number of alkyl halides is 2. The van der Waals surface area contributed by atoms with Crippen LogP contribution in [0.15, 0.2) is 24.7 Å². The van der Waals surface area contributed by atoms with E-state index >= 15 is 0 Å². The van der Waals surface area contributed by atoms with Crippen molar-refractivity contribution >= 4 is 28.4 Å². The van der Waals surface area contributed by atoms with Crippen LogP contribution in [0, 0.1) is 17.8 Å². The van der Waals surface area contributed by atoms with Crippen molar-refractivity contribution in [3.8, 4) is 0 Å². The standard InChI is InChI=1S/C24H28F2N8/c1-15-5-16-8-27-21(30-17-9-28-34(10-17)18-6-22(7-18)12-32(2)13-22)31-19(16)20(29-15)33-4-3-23(14-33)11-24(23,25)26/h5,8-10,18H,3-4,6-7,11-14H2,1-2H3,(H,27,30,31). The summed E-state index contributed by atoms with van der Waals surface area (Å²) < 4.78 is 30.0. The molecule has 0 amide bonds. The molecule has 3 aromatic rings. The number of nitrogens with one attached hydrogen (secondary N) is 1. The summed E-state index contributed by atoms with van der Waals surface area (Å²) in [6.07, 6.45) is 8.41. The van der Waals surface area contributed by atoms with Crippen LogP contribution in [0.1, 0.15) is 37.4 Å². The molecule has 178 valence electrons. The highest BCUT2D eigenvalue weighted by Crippen LogP contribution is 2.65. The molecule has 4 fully saturated rings. The van der Waals surface area contributed by atoms with Gasteiger partial charge >= 0.3 is 0 Å². The molecule has 10 heteroatoms. The summed E-state index contributed by atoms with van der Waals surface area (Å²) in [6.45, 7) is 5.18. The smallest absolute Gasteiger partial charge is 0.256 e. The number of likely N-dealkylation sites (tertiary alicyclic amines) is 1. The van der Waals surface area contributed by atoms with Gasteiger partial charge in [0.05, 0.1) is 23.3 Å². The average molecular weight is 467 g/mol. The molecule has 0 bridgehead atoms. The van der Waals surface area contributed by atoms with E-state index in [2.05, 4.69) is 27.3 Å². The number of anilines is 3. The molecular weight excluding hydrogens is 438 g/mol. The lowest BCUT2D eigenvalue weighted by atomic mass is 9.61. The molecule has 0 radical (unpaired) electrons. The maximum Gasteiger partial charge on any atom is 0.256 e. The summed E-state index contributed by atoms with van der Waals surface area (Å²) in [5.74, 6) is -1.44. The molecule has 1 unspecified atom stereocenters. The molecular formula is C24H28F2N8. The van der Waals surface area contributed by atoms with Gasteiger partial charge < -0.3 is 15.1 Å². The summed E-state index contributed by atoms with van der Waals surface area (Å²) in [5, 5.41) is 8.69. The van der Waals surface area contributed by atoms with Crippen molar-refractivity contribution in [3.63, 3.8) is 0 Å². The Labute approximate surface area is 196 Å². The van der Waals surface area contributed by atoms with Gasteiger partial charge in [-0.05, 0) is 44.7 Å². The van der Waals surface area contributed by atoms with Crippen molar-refractivity contribution in [2.24, 2.45) is 10.8 Å². The van der Waals surface area contributed by atoms with Gasteiger partial charge in [-0.15, -0.1) is 0 Å². The Hall–Kier alpha value is -2.88. The Kier molecular flexibility index (Phi) is 3.99. The second-order valence-electron chi connectivity index (χ2n) is 11.1. The lowest BCUT2D eigenvalue weighted by Crippen LogP contribution is -2.60. The van der Waals surface area contributed by atoms with E-state index in [1.165, 1.54) is 25.9 Å². The molecule has 0 aromatic carbocycles. The Morgan fingerprint density at radius 1 is 1.12 bits per heavy atom. The number of pyridine rings is 1. The topological polar surface area (TPSA) is 75.0 Å². The number of halogens is 2. The first kappa shape index (κ1) is 20.5. The van der Waals surface area contributed by atoms with Crippen molar-refractivity contribution < 1.29 is 8.78 Å². The molecule has 2 aliphatic carbocycles. The molecule has 2 spiro atoms. The minimum absolute atomic E-state index is 0.0230. The first-order valence-electron chi connectivity index (χ1n) is 12.0. The van der Waals surface area contributed by atoms with Crippen molar-refractivity contribution in [2.45, 2.75) is 44.6 Å². The Morgan fingerprint density at radius 2 is 1.91 bits per heavy atom. The van der Waals surface area contributed by atoms with E-state index in [4.69, 9.17) is 9.97 Å². The SMILES string of the molecule is Cc1cc2cnc(Nc3cnn(C4CC5(C4)CN(C)C5)c3)nc2c(N2CCC3(C2)CC3(F)F)n1. The molecule has 2 saturated carbocycles. The molecule has 2 saturated heterocycles. The van der Waals surface area contributed by atoms with Gasteiger partial charge in [-0.1, -0.05) is 0 Å². The third-order valence-corrected chi connectivity index (χ3v) is 8.32. The van der Waals surface area contributed by atoms with Crippen LogP contribution in [-0.4, -0.2) is 68.8 Å². The van der Waals surface area contributed by atoms with Crippen LogP contribution in [0.2, 0.25) is 0 Å². The van der Waals surface area contributed by atoms with Gasteiger partial charge in [-0.3, -0.25) is 4.68 Å². The van der Waals surface area contributed by atoms with Crippen LogP contribution in [0.5, 0.6) is 0 Å². The van der Waals surface area contributed by atoms with Crippen LogP contribution >= 0.6 is 0 Å². The van der Waals surface area contributed by atoms with Crippen molar-refractivity contribution in [1.82, 2.24) is 29.6 Å². The zero-order valence-corrected chi connectivity index (χ0v) is 19.4. The summed E-state index contributed by atoms with van der Waals surface area (Å²) in [4.78, 5) is 18.3. The van der Waals surface area contributed by atoms with Crippen molar-refractivity contribution in [3.05, 3.63) is 30.4 Å². The van der Waals surface area contributed by atoms with Crippen LogP contribution in [0.3, 0.4) is 0 Å². The van der Waals surface area contributed by atoms with E-state index < -0.39 is 11.3 Å². The van der Waals surface area contributed by atoms with E-state index in [0.29, 0.717) is 48.3 Å². The minimum atomic E-state index is -2.56. The Morgan fingerprint density at radius 3 is 2.62 bits per heavy atom. The molecule has 3 aromatic heterocycles. The summed E-state index contributed by atoms with van der Waals surface area (Å²) in [6, 6.07) is 2.38. The van der Waals surface area contributed by atoms with Gasteiger partial charge in [0.1, 0.15) is 5.52 Å². The van der Waals surface area contributed by atoms with Gasteiger partial charge in [0, 0.05) is 56.1 Å². The van der Waals surface area contributed by atoms with Crippen molar-refractivity contribution in [1.29, 1.82) is 0 Å². The van der Waals surface area contributed by atoms with Crippen LogP contribution in [0.4, 0.5) is 26.2 Å². The number of nitrogens with zero attached hydrogens (tertiary/aromatic N) is 7. The highest BCUT2D eigenvalue weighted by Gasteiger charge is 2.72. The molecule has 1 N–H and O–H groups in total. The average Bonchev–Trinajstić information content (AvgIpc) is 3.11. The van der Waals surface area contributed by atoms with Crippen LogP contribution in [0.25, 0.3) is 10.9 Å². The number of hydrogen-bond acceptors (Lipinski definition) is 7. The second kappa shape index (κ2) is 6.62. The molecule has 1 atom stereocenters. The molecule has 4 aliphatic rings. The number of aryl methyl sites for hydroxylation is 1. The minimum Gasteiger partial charge on any atom is -0.354 e. The van der Waals surface area contributed by atoms with Gasteiger partial charge in [-0.2, -0.15) is 5.10 Å². The maximum absolute atomic E-state index is 14.0. The Bertz CT molecular complexity index is 1290. The monoisotopic (exact) mass is 466 g/mol.